The van der Waals surface area contributed by atoms with Crippen LogP contribution in [0.4, 0.5) is 5.69 Å². The average Bonchev–Trinajstić information content (AvgIpc) is 2.55. The second kappa shape index (κ2) is 9.42. The Morgan fingerprint density at radius 1 is 1.38 bits per heavy atom. The normalized spacial score (nSPS) is 16.6. The number of carbonyl (C=O) groups is 2. The number of fused-ring (bicyclic) bond motifs is 1. The van der Waals surface area contributed by atoms with Crippen molar-refractivity contribution in [3.8, 4) is 0 Å². The lowest BCUT2D eigenvalue weighted by molar-refractivity contribution is -0.122. The van der Waals surface area contributed by atoms with E-state index in [0.29, 0.717) is 38.3 Å². The SMILES string of the molecule is CC(C)COCCCNC(=O)CCC1Cc2ccccc2NC1=O. The van der Waals surface area contributed by atoms with Gasteiger partial charge in [-0.2, -0.15) is 0 Å². The highest BCUT2D eigenvalue weighted by Crippen LogP contribution is 2.27. The van der Waals surface area contributed by atoms with E-state index in [1.807, 2.05) is 24.3 Å². The minimum Gasteiger partial charge on any atom is -0.381 e. The molecule has 0 radical (unpaired) electrons. The van der Waals surface area contributed by atoms with E-state index in [-0.39, 0.29) is 17.7 Å². The summed E-state index contributed by atoms with van der Waals surface area (Å²) in [5.41, 5.74) is 2.04. The van der Waals surface area contributed by atoms with E-state index in [2.05, 4.69) is 24.5 Å². The molecular weight excluding hydrogens is 304 g/mol. The van der Waals surface area contributed by atoms with Gasteiger partial charge in [0.2, 0.25) is 11.8 Å². The molecule has 0 fully saturated rings. The molecule has 2 N–H and O–H groups in total. The molecule has 1 aromatic rings. The standard InChI is InChI=1S/C19H28N2O3/c1-14(2)13-24-11-5-10-20-18(22)9-8-16-12-15-6-3-4-7-17(15)21-19(16)23/h3-4,6-7,14,16H,5,8-13H2,1-2H3,(H,20,22)(H,21,23). The summed E-state index contributed by atoms with van der Waals surface area (Å²) in [5.74, 6) is 0.431. The van der Waals surface area contributed by atoms with E-state index in [1.165, 1.54) is 0 Å². The molecule has 5 nitrogen and oxygen atoms in total. The van der Waals surface area contributed by atoms with Gasteiger partial charge in [0, 0.05) is 37.8 Å². The maximum Gasteiger partial charge on any atom is 0.227 e. The van der Waals surface area contributed by atoms with E-state index >= 15 is 0 Å². The summed E-state index contributed by atoms with van der Waals surface area (Å²) in [6, 6.07) is 7.83. The van der Waals surface area contributed by atoms with Gasteiger partial charge in [-0.05, 0) is 36.8 Å². The quantitative estimate of drug-likeness (QED) is 0.683. The molecule has 1 heterocycles. The van der Waals surface area contributed by atoms with Crippen LogP contribution in [-0.2, 0) is 20.7 Å². The van der Waals surface area contributed by atoms with E-state index in [9.17, 15) is 9.59 Å². The van der Waals surface area contributed by atoms with Gasteiger partial charge in [0.15, 0.2) is 0 Å². The number of anilines is 1. The number of para-hydroxylation sites is 1. The summed E-state index contributed by atoms with van der Waals surface area (Å²) in [6.07, 6.45) is 2.48. The third kappa shape index (κ3) is 5.96. The van der Waals surface area contributed by atoms with E-state index in [4.69, 9.17) is 4.74 Å². The fraction of sp³-hybridized carbons (Fsp3) is 0.579. The van der Waals surface area contributed by atoms with Gasteiger partial charge >= 0.3 is 0 Å². The summed E-state index contributed by atoms with van der Waals surface area (Å²) in [5, 5.41) is 5.82. The van der Waals surface area contributed by atoms with Crippen LogP contribution in [0, 0.1) is 11.8 Å². The fourth-order valence-electron chi connectivity index (χ4n) is 2.76. The molecule has 132 valence electrons. The number of rotatable bonds is 9. The van der Waals surface area contributed by atoms with Crippen molar-refractivity contribution < 1.29 is 14.3 Å². The molecule has 2 amide bonds. The zero-order valence-corrected chi connectivity index (χ0v) is 14.6. The van der Waals surface area contributed by atoms with Crippen molar-refractivity contribution in [1.82, 2.24) is 5.32 Å². The number of hydrogen-bond donors (Lipinski definition) is 2. The Bertz CT molecular complexity index is 557. The Hall–Kier alpha value is -1.88. The maximum absolute atomic E-state index is 12.1. The molecule has 0 bridgehead atoms. The summed E-state index contributed by atoms with van der Waals surface area (Å²) in [7, 11) is 0. The molecule has 1 aliphatic rings. The lowest BCUT2D eigenvalue weighted by Crippen LogP contribution is -2.32. The molecule has 1 atom stereocenters. The number of amides is 2. The van der Waals surface area contributed by atoms with Crippen LogP contribution in [0.25, 0.3) is 0 Å². The molecule has 0 saturated carbocycles. The summed E-state index contributed by atoms with van der Waals surface area (Å²) >= 11 is 0. The predicted molar refractivity (Wildman–Crippen MR) is 94.8 cm³/mol. The van der Waals surface area contributed by atoms with Crippen LogP contribution >= 0.6 is 0 Å². The zero-order valence-electron chi connectivity index (χ0n) is 14.6. The summed E-state index contributed by atoms with van der Waals surface area (Å²) in [4.78, 5) is 24.0. The molecule has 2 rings (SSSR count). The van der Waals surface area contributed by atoms with Crippen molar-refractivity contribution in [2.45, 2.75) is 39.5 Å². The molecule has 0 aliphatic carbocycles. The van der Waals surface area contributed by atoms with Gasteiger partial charge < -0.3 is 15.4 Å². The minimum atomic E-state index is -0.125. The van der Waals surface area contributed by atoms with E-state index in [1.54, 1.807) is 0 Å². The van der Waals surface area contributed by atoms with Crippen molar-refractivity contribution in [2.75, 3.05) is 25.1 Å². The monoisotopic (exact) mass is 332 g/mol. The van der Waals surface area contributed by atoms with Gasteiger partial charge in [-0.15, -0.1) is 0 Å². The maximum atomic E-state index is 12.1. The number of benzene rings is 1. The Balaban J connectivity index is 1.63. The number of ether oxygens (including phenoxy) is 1. The fourth-order valence-corrected chi connectivity index (χ4v) is 2.76. The third-order valence-corrected chi connectivity index (χ3v) is 4.07. The Morgan fingerprint density at radius 3 is 2.96 bits per heavy atom. The molecule has 1 unspecified atom stereocenters. The van der Waals surface area contributed by atoms with Crippen LogP contribution < -0.4 is 10.6 Å². The number of nitrogens with one attached hydrogen (secondary N) is 2. The number of hydrogen-bond acceptors (Lipinski definition) is 3. The summed E-state index contributed by atoms with van der Waals surface area (Å²) in [6.45, 7) is 6.27. The predicted octanol–water partition coefficient (Wildman–Crippen LogP) is 2.76. The Labute approximate surface area is 144 Å². The molecule has 0 aromatic heterocycles. The molecule has 24 heavy (non-hydrogen) atoms. The van der Waals surface area contributed by atoms with Crippen molar-refractivity contribution in [2.24, 2.45) is 11.8 Å². The first-order chi connectivity index (χ1) is 11.6. The highest BCUT2D eigenvalue weighted by Gasteiger charge is 2.26. The Morgan fingerprint density at radius 2 is 2.17 bits per heavy atom. The first kappa shape index (κ1) is 18.5. The molecule has 0 spiro atoms. The summed E-state index contributed by atoms with van der Waals surface area (Å²) < 4.78 is 5.48. The largest absolute Gasteiger partial charge is 0.381 e. The van der Waals surface area contributed by atoms with E-state index in [0.717, 1.165) is 24.3 Å². The van der Waals surface area contributed by atoms with Gasteiger partial charge in [-0.1, -0.05) is 32.0 Å². The lowest BCUT2D eigenvalue weighted by Gasteiger charge is -2.24. The van der Waals surface area contributed by atoms with Gasteiger partial charge in [0.05, 0.1) is 0 Å². The van der Waals surface area contributed by atoms with Crippen LogP contribution in [0.5, 0.6) is 0 Å². The zero-order chi connectivity index (χ0) is 17.4. The van der Waals surface area contributed by atoms with Crippen molar-refractivity contribution in [1.29, 1.82) is 0 Å². The first-order valence-electron chi connectivity index (χ1n) is 8.79. The van der Waals surface area contributed by atoms with Crippen LogP contribution in [0.3, 0.4) is 0 Å². The van der Waals surface area contributed by atoms with Crippen LogP contribution in [0.2, 0.25) is 0 Å². The first-order valence-corrected chi connectivity index (χ1v) is 8.79. The minimum absolute atomic E-state index is 0.00511. The molecule has 1 aliphatic heterocycles. The Kier molecular flexibility index (Phi) is 7.25. The highest BCUT2D eigenvalue weighted by molar-refractivity contribution is 5.96. The van der Waals surface area contributed by atoms with Gasteiger partial charge in [0.25, 0.3) is 0 Å². The van der Waals surface area contributed by atoms with Crippen LogP contribution in [0.1, 0.15) is 38.7 Å². The molecule has 1 aromatic carbocycles. The van der Waals surface area contributed by atoms with E-state index < -0.39 is 0 Å². The van der Waals surface area contributed by atoms with Gasteiger partial charge in [-0.3, -0.25) is 9.59 Å². The average molecular weight is 332 g/mol. The topological polar surface area (TPSA) is 67.4 Å². The lowest BCUT2D eigenvalue weighted by atomic mass is 9.89. The van der Waals surface area contributed by atoms with Gasteiger partial charge in [0.1, 0.15) is 0 Å². The molecular formula is C19H28N2O3. The van der Waals surface area contributed by atoms with Crippen LogP contribution in [0.15, 0.2) is 24.3 Å². The molecule has 0 saturated heterocycles. The number of carbonyl (C=O) groups excluding carboxylic acids is 2. The van der Waals surface area contributed by atoms with Crippen LogP contribution in [-0.4, -0.2) is 31.6 Å². The second-order valence-electron chi connectivity index (χ2n) is 6.76. The van der Waals surface area contributed by atoms with Crippen molar-refractivity contribution in [3.63, 3.8) is 0 Å². The molecule has 5 heteroatoms. The smallest absolute Gasteiger partial charge is 0.227 e. The van der Waals surface area contributed by atoms with Crippen molar-refractivity contribution in [3.05, 3.63) is 29.8 Å². The highest BCUT2D eigenvalue weighted by atomic mass is 16.5. The van der Waals surface area contributed by atoms with Crippen molar-refractivity contribution >= 4 is 17.5 Å². The van der Waals surface area contributed by atoms with Gasteiger partial charge in [-0.25, -0.2) is 0 Å². The third-order valence-electron chi connectivity index (χ3n) is 4.07. The second-order valence-corrected chi connectivity index (χ2v) is 6.76.